The number of benzene rings is 1. The van der Waals surface area contributed by atoms with Crippen LogP contribution in [0.3, 0.4) is 0 Å². The van der Waals surface area contributed by atoms with E-state index in [1.807, 2.05) is 13.0 Å². The Bertz CT molecular complexity index is 374. The van der Waals surface area contributed by atoms with E-state index in [4.69, 9.17) is 0 Å². The molecule has 0 unspecified atom stereocenters. The maximum absolute atomic E-state index is 11.5. The van der Waals surface area contributed by atoms with Gasteiger partial charge in [0, 0.05) is 12.1 Å². The van der Waals surface area contributed by atoms with E-state index < -0.39 is 0 Å². The van der Waals surface area contributed by atoms with Crippen molar-refractivity contribution in [3.8, 4) is 0 Å². The van der Waals surface area contributed by atoms with Crippen LogP contribution in [0, 0.1) is 6.92 Å². The molecule has 16 heavy (non-hydrogen) atoms. The van der Waals surface area contributed by atoms with Gasteiger partial charge in [-0.15, -0.1) is 0 Å². The van der Waals surface area contributed by atoms with E-state index in [0.29, 0.717) is 18.1 Å². The van der Waals surface area contributed by atoms with Crippen LogP contribution < -0.4 is 5.32 Å². The number of thiol groups is 1. The van der Waals surface area contributed by atoms with Crippen LogP contribution in [0.15, 0.2) is 18.2 Å². The molecule has 0 aliphatic carbocycles. The van der Waals surface area contributed by atoms with Gasteiger partial charge in [-0.2, -0.15) is 12.6 Å². The largest absolute Gasteiger partial charge is 0.326 e. The fourth-order valence-electron chi connectivity index (χ4n) is 1.45. The zero-order valence-corrected chi connectivity index (χ0v) is 11.0. The zero-order chi connectivity index (χ0) is 12.1. The van der Waals surface area contributed by atoms with Crippen molar-refractivity contribution in [2.45, 2.75) is 33.1 Å². The van der Waals surface area contributed by atoms with Gasteiger partial charge in [0.2, 0.25) is 5.91 Å². The molecule has 3 heteroatoms. The summed E-state index contributed by atoms with van der Waals surface area (Å²) in [4.78, 5) is 11.5. The summed E-state index contributed by atoms with van der Waals surface area (Å²) in [6, 6.07) is 6.20. The summed E-state index contributed by atoms with van der Waals surface area (Å²) < 4.78 is 0. The first-order valence-electron chi connectivity index (χ1n) is 5.56. The monoisotopic (exact) mass is 237 g/mol. The maximum atomic E-state index is 11.5. The van der Waals surface area contributed by atoms with E-state index >= 15 is 0 Å². The predicted molar refractivity (Wildman–Crippen MR) is 72.4 cm³/mol. The molecule has 0 aliphatic rings. The topological polar surface area (TPSA) is 29.1 Å². The molecule has 0 saturated heterocycles. The molecule has 0 fully saturated rings. The van der Waals surface area contributed by atoms with Gasteiger partial charge < -0.3 is 5.32 Å². The molecule has 0 heterocycles. The molecular weight excluding hydrogens is 218 g/mol. The van der Waals surface area contributed by atoms with Gasteiger partial charge in [0.1, 0.15) is 0 Å². The van der Waals surface area contributed by atoms with Gasteiger partial charge in [-0.1, -0.05) is 26.0 Å². The molecule has 1 rings (SSSR count). The summed E-state index contributed by atoms with van der Waals surface area (Å²) in [7, 11) is 0. The highest BCUT2D eigenvalue weighted by Gasteiger charge is 2.06. The van der Waals surface area contributed by atoms with Gasteiger partial charge in [-0.3, -0.25) is 4.79 Å². The molecule has 0 aliphatic heterocycles. The lowest BCUT2D eigenvalue weighted by Crippen LogP contribution is -2.13. The van der Waals surface area contributed by atoms with Gasteiger partial charge in [0.15, 0.2) is 0 Å². The number of carbonyl (C=O) groups is 1. The Labute approximate surface area is 103 Å². The first-order valence-corrected chi connectivity index (χ1v) is 6.19. The second kappa shape index (κ2) is 5.94. The number of nitrogens with one attached hydrogen (secondary N) is 1. The molecule has 2 nitrogen and oxygen atoms in total. The highest BCUT2D eigenvalue weighted by atomic mass is 32.1. The van der Waals surface area contributed by atoms with Crippen LogP contribution in [0.5, 0.6) is 0 Å². The number of hydrogen-bond acceptors (Lipinski definition) is 2. The van der Waals surface area contributed by atoms with Crippen molar-refractivity contribution in [2.75, 3.05) is 11.1 Å². The van der Waals surface area contributed by atoms with Crippen molar-refractivity contribution in [2.24, 2.45) is 0 Å². The van der Waals surface area contributed by atoms with Gasteiger partial charge in [0.05, 0.1) is 0 Å². The normalized spacial score (nSPS) is 10.6. The fraction of sp³-hybridized carbons (Fsp3) is 0.462. The molecule has 0 saturated carbocycles. The van der Waals surface area contributed by atoms with Crippen LogP contribution in [0.1, 0.15) is 37.3 Å². The lowest BCUT2D eigenvalue weighted by atomic mass is 10.0. The minimum Gasteiger partial charge on any atom is -0.326 e. The van der Waals surface area contributed by atoms with E-state index in [9.17, 15) is 4.79 Å². The third-order valence-electron chi connectivity index (χ3n) is 2.54. The number of amides is 1. The van der Waals surface area contributed by atoms with Gasteiger partial charge >= 0.3 is 0 Å². The van der Waals surface area contributed by atoms with Gasteiger partial charge in [-0.05, 0) is 35.8 Å². The van der Waals surface area contributed by atoms with Gasteiger partial charge in [-0.25, -0.2) is 0 Å². The van der Waals surface area contributed by atoms with Crippen LogP contribution in [0.2, 0.25) is 0 Å². The minimum absolute atomic E-state index is 0.0269. The van der Waals surface area contributed by atoms with Crippen molar-refractivity contribution >= 4 is 24.2 Å². The molecule has 1 aromatic carbocycles. The van der Waals surface area contributed by atoms with Crippen molar-refractivity contribution < 1.29 is 4.79 Å². The summed E-state index contributed by atoms with van der Waals surface area (Å²) in [5, 5.41) is 2.92. The molecule has 0 spiro atoms. The number of carbonyl (C=O) groups excluding carboxylic acids is 1. The molecule has 88 valence electrons. The first kappa shape index (κ1) is 13.1. The Balaban J connectivity index is 2.86. The first-order chi connectivity index (χ1) is 7.54. The Morgan fingerprint density at radius 1 is 1.44 bits per heavy atom. The number of hydrogen-bond donors (Lipinski definition) is 2. The number of anilines is 1. The Morgan fingerprint density at radius 2 is 2.12 bits per heavy atom. The number of rotatable bonds is 4. The smallest absolute Gasteiger partial charge is 0.225 e. The summed E-state index contributed by atoms with van der Waals surface area (Å²) in [6.45, 7) is 6.29. The SMILES string of the molecule is Cc1ccc(C(C)C)cc1NC(=O)CCS. The van der Waals surface area contributed by atoms with Crippen LogP contribution in [0.25, 0.3) is 0 Å². The van der Waals surface area contributed by atoms with E-state index in [-0.39, 0.29) is 5.91 Å². The zero-order valence-electron chi connectivity index (χ0n) is 10.1. The summed E-state index contributed by atoms with van der Waals surface area (Å²) in [5.74, 6) is 1.08. The highest BCUT2D eigenvalue weighted by Crippen LogP contribution is 2.22. The van der Waals surface area contributed by atoms with Crippen LogP contribution in [0.4, 0.5) is 5.69 Å². The Hall–Kier alpha value is -0.960. The van der Waals surface area contributed by atoms with E-state index in [1.54, 1.807) is 0 Å². The standard InChI is InChI=1S/C13H19NOS/c1-9(2)11-5-4-10(3)12(8-11)14-13(15)6-7-16/h4-5,8-9,16H,6-7H2,1-3H3,(H,14,15). The quantitative estimate of drug-likeness (QED) is 0.772. The molecule has 0 radical (unpaired) electrons. The second-order valence-electron chi connectivity index (χ2n) is 4.25. The lowest BCUT2D eigenvalue weighted by Gasteiger charge is -2.12. The average Bonchev–Trinajstić information content (AvgIpc) is 2.21. The minimum atomic E-state index is 0.0269. The maximum Gasteiger partial charge on any atom is 0.225 e. The Morgan fingerprint density at radius 3 is 2.69 bits per heavy atom. The molecule has 0 atom stereocenters. The van der Waals surface area contributed by atoms with Crippen LogP contribution in [-0.2, 0) is 4.79 Å². The average molecular weight is 237 g/mol. The predicted octanol–water partition coefficient (Wildman–Crippen LogP) is 3.38. The van der Waals surface area contributed by atoms with Gasteiger partial charge in [0.25, 0.3) is 0 Å². The molecule has 1 aromatic rings. The van der Waals surface area contributed by atoms with Crippen molar-refractivity contribution in [1.29, 1.82) is 0 Å². The third kappa shape index (κ3) is 3.56. The van der Waals surface area contributed by atoms with Crippen molar-refractivity contribution in [1.82, 2.24) is 0 Å². The number of aryl methyl sites for hydroxylation is 1. The molecule has 0 bridgehead atoms. The summed E-state index contributed by atoms with van der Waals surface area (Å²) >= 11 is 4.04. The second-order valence-corrected chi connectivity index (χ2v) is 4.70. The van der Waals surface area contributed by atoms with E-state index in [2.05, 4.69) is 43.9 Å². The fourth-order valence-corrected chi connectivity index (χ4v) is 1.65. The Kier molecular flexibility index (Phi) is 4.87. The van der Waals surface area contributed by atoms with Crippen LogP contribution in [-0.4, -0.2) is 11.7 Å². The van der Waals surface area contributed by atoms with Crippen LogP contribution >= 0.6 is 12.6 Å². The third-order valence-corrected chi connectivity index (χ3v) is 2.76. The lowest BCUT2D eigenvalue weighted by molar-refractivity contribution is -0.115. The molecular formula is C13H19NOS. The van der Waals surface area contributed by atoms with E-state index in [1.165, 1.54) is 5.56 Å². The summed E-state index contributed by atoms with van der Waals surface area (Å²) in [5.41, 5.74) is 3.25. The highest BCUT2D eigenvalue weighted by molar-refractivity contribution is 7.80. The van der Waals surface area contributed by atoms with Crippen molar-refractivity contribution in [3.05, 3.63) is 29.3 Å². The molecule has 0 aromatic heterocycles. The summed E-state index contributed by atoms with van der Waals surface area (Å²) in [6.07, 6.45) is 0.453. The van der Waals surface area contributed by atoms with E-state index in [0.717, 1.165) is 11.3 Å². The molecule has 1 N–H and O–H groups in total. The molecule has 1 amide bonds. The van der Waals surface area contributed by atoms with Crippen molar-refractivity contribution in [3.63, 3.8) is 0 Å².